The quantitative estimate of drug-likeness (QED) is 0.298. The Morgan fingerprint density at radius 1 is 1.16 bits per heavy atom. The average Bonchev–Trinajstić information content (AvgIpc) is 2.53. The zero-order valence-corrected chi connectivity index (χ0v) is 16.0. The number of thioether (sulfide) groups is 1. The highest BCUT2D eigenvalue weighted by atomic mass is 32.2. The van der Waals surface area contributed by atoms with Crippen LogP contribution in [0, 0.1) is 5.82 Å². The third-order valence-corrected chi connectivity index (χ3v) is 3.85. The topological polar surface area (TPSA) is 74.8 Å². The lowest BCUT2D eigenvalue weighted by molar-refractivity contribution is 0.0529. The van der Waals surface area contributed by atoms with E-state index in [4.69, 9.17) is 4.74 Å². The van der Waals surface area contributed by atoms with Crippen molar-refractivity contribution in [1.82, 2.24) is 16.0 Å². The summed E-state index contributed by atoms with van der Waals surface area (Å²) in [5.74, 6) is 1.13. The number of amides is 1. The highest BCUT2D eigenvalue weighted by molar-refractivity contribution is 7.99. The van der Waals surface area contributed by atoms with Crippen molar-refractivity contribution in [2.24, 2.45) is 4.99 Å². The normalized spacial score (nSPS) is 11.8. The van der Waals surface area contributed by atoms with E-state index in [1.807, 2.05) is 26.8 Å². The average molecular weight is 370 g/mol. The summed E-state index contributed by atoms with van der Waals surface area (Å²) in [6.07, 6.45) is -0.446. The van der Waals surface area contributed by atoms with Gasteiger partial charge >= 0.3 is 6.09 Å². The molecular weight excluding hydrogens is 343 g/mol. The summed E-state index contributed by atoms with van der Waals surface area (Å²) in [5, 5.41) is 8.88. The predicted molar refractivity (Wildman–Crippen MR) is 101 cm³/mol. The molecule has 0 spiro atoms. The molecule has 1 aromatic rings. The molecule has 0 radical (unpaired) electrons. The molecule has 0 fully saturated rings. The number of nitrogens with zero attached hydrogens (tertiary/aromatic N) is 1. The number of aliphatic imine (C=N–C) groups is 1. The zero-order valence-electron chi connectivity index (χ0n) is 15.2. The van der Waals surface area contributed by atoms with Crippen LogP contribution in [0.1, 0.15) is 20.8 Å². The second kappa shape index (κ2) is 10.8. The molecule has 6 nitrogen and oxygen atoms in total. The van der Waals surface area contributed by atoms with E-state index in [9.17, 15) is 9.18 Å². The van der Waals surface area contributed by atoms with Crippen molar-refractivity contribution in [3.05, 3.63) is 30.1 Å². The summed E-state index contributed by atoms with van der Waals surface area (Å²) in [5.41, 5.74) is -0.509. The van der Waals surface area contributed by atoms with Gasteiger partial charge in [0.2, 0.25) is 0 Å². The number of nitrogens with one attached hydrogen (secondary N) is 3. The molecule has 0 aromatic heterocycles. The first-order chi connectivity index (χ1) is 11.8. The zero-order chi connectivity index (χ0) is 18.7. The van der Waals surface area contributed by atoms with Crippen LogP contribution in [0.15, 0.2) is 34.2 Å². The Hall–Kier alpha value is -1.96. The van der Waals surface area contributed by atoms with Crippen LogP contribution in [0.4, 0.5) is 9.18 Å². The molecule has 0 saturated carbocycles. The van der Waals surface area contributed by atoms with Crippen molar-refractivity contribution in [2.45, 2.75) is 31.3 Å². The number of halogens is 1. The molecule has 25 heavy (non-hydrogen) atoms. The largest absolute Gasteiger partial charge is 0.444 e. The van der Waals surface area contributed by atoms with Crippen molar-refractivity contribution in [3.63, 3.8) is 0 Å². The monoisotopic (exact) mass is 370 g/mol. The van der Waals surface area contributed by atoms with Crippen molar-refractivity contribution < 1.29 is 13.9 Å². The molecule has 0 saturated heterocycles. The molecular formula is C17H27FN4O2S. The molecule has 0 bridgehead atoms. The number of hydrogen-bond acceptors (Lipinski definition) is 4. The first-order valence-electron chi connectivity index (χ1n) is 8.10. The molecule has 1 aromatic carbocycles. The highest BCUT2D eigenvalue weighted by Crippen LogP contribution is 2.20. The minimum Gasteiger partial charge on any atom is -0.444 e. The fourth-order valence-electron chi connectivity index (χ4n) is 1.77. The van der Waals surface area contributed by atoms with E-state index in [2.05, 4.69) is 20.9 Å². The van der Waals surface area contributed by atoms with Crippen molar-refractivity contribution in [1.29, 1.82) is 0 Å². The van der Waals surface area contributed by atoms with Crippen LogP contribution < -0.4 is 16.0 Å². The fourth-order valence-corrected chi connectivity index (χ4v) is 2.58. The summed E-state index contributed by atoms with van der Waals surface area (Å²) < 4.78 is 18.6. The standard InChI is InChI=1S/C17H27FN4O2S/c1-17(2,3)24-16(23)22-10-9-20-15(19-4)21-11-12-25-14-8-6-5-7-13(14)18/h5-8H,9-12H2,1-4H3,(H,22,23)(H2,19,20,21). The molecule has 0 heterocycles. The van der Waals surface area contributed by atoms with Gasteiger partial charge in [-0.3, -0.25) is 4.99 Å². The van der Waals surface area contributed by atoms with Gasteiger partial charge in [0.25, 0.3) is 0 Å². The number of rotatable bonds is 7. The molecule has 0 unspecified atom stereocenters. The first kappa shape index (κ1) is 21.1. The number of guanidine groups is 1. The van der Waals surface area contributed by atoms with Gasteiger partial charge in [-0.15, -0.1) is 11.8 Å². The van der Waals surface area contributed by atoms with Crippen molar-refractivity contribution in [2.75, 3.05) is 32.4 Å². The van der Waals surface area contributed by atoms with Crippen LogP contribution in [0.2, 0.25) is 0 Å². The Morgan fingerprint density at radius 2 is 1.80 bits per heavy atom. The number of benzene rings is 1. The second-order valence-electron chi connectivity index (χ2n) is 6.13. The minimum absolute atomic E-state index is 0.205. The van der Waals surface area contributed by atoms with E-state index in [1.165, 1.54) is 17.8 Å². The summed E-state index contributed by atoms with van der Waals surface area (Å²) >= 11 is 1.44. The first-order valence-corrected chi connectivity index (χ1v) is 9.09. The predicted octanol–water partition coefficient (Wildman–Crippen LogP) is 2.61. The highest BCUT2D eigenvalue weighted by Gasteiger charge is 2.15. The van der Waals surface area contributed by atoms with Crippen LogP contribution in [-0.2, 0) is 4.74 Å². The van der Waals surface area contributed by atoms with Crippen LogP contribution in [0.25, 0.3) is 0 Å². The van der Waals surface area contributed by atoms with Crippen LogP contribution in [-0.4, -0.2) is 50.1 Å². The fraction of sp³-hybridized carbons (Fsp3) is 0.529. The van der Waals surface area contributed by atoms with Crippen molar-refractivity contribution >= 4 is 23.8 Å². The summed E-state index contributed by atoms with van der Waals surface area (Å²) in [7, 11) is 1.67. The van der Waals surface area contributed by atoms with Gasteiger partial charge in [0.15, 0.2) is 5.96 Å². The second-order valence-corrected chi connectivity index (χ2v) is 7.27. The number of hydrogen-bond donors (Lipinski definition) is 3. The lowest BCUT2D eigenvalue weighted by Gasteiger charge is -2.19. The van der Waals surface area contributed by atoms with Gasteiger partial charge in [-0.1, -0.05) is 12.1 Å². The van der Waals surface area contributed by atoms with Gasteiger partial charge in [-0.05, 0) is 32.9 Å². The van der Waals surface area contributed by atoms with Gasteiger partial charge in [-0.2, -0.15) is 0 Å². The number of carbonyl (C=O) groups excluding carboxylic acids is 1. The summed E-state index contributed by atoms with van der Waals surface area (Å²) in [4.78, 5) is 16.2. The Morgan fingerprint density at radius 3 is 2.44 bits per heavy atom. The van der Waals surface area contributed by atoms with Gasteiger partial charge in [0.05, 0.1) is 0 Å². The van der Waals surface area contributed by atoms with E-state index >= 15 is 0 Å². The Bertz CT molecular complexity index is 576. The Labute approximate surface area is 153 Å². The molecule has 1 amide bonds. The summed E-state index contributed by atoms with van der Waals surface area (Å²) in [6.45, 7) is 7.01. The lowest BCUT2D eigenvalue weighted by Crippen LogP contribution is -2.43. The molecule has 0 atom stereocenters. The molecule has 140 valence electrons. The molecule has 0 aliphatic carbocycles. The van der Waals surface area contributed by atoms with Gasteiger partial charge in [-0.25, -0.2) is 9.18 Å². The maximum Gasteiger partial charge on any atom is 0.407 e. The maximum absolute atomic E-state index is 13.5. The number of carbonyl (C=O) groups is 1. The Balaban J connectivity index is 2.16. The molecule has 0 aliphatic rings. The van der Waals surface area contributed by atoms with Gasteiger partial charge in [0, 0.05) is 37.3 Å². The molecule has 8 heteroatoms. The van der Waals surface area contributed by atoms with E-state index in [0.29, 0.717) is 36.2 Å². The van der Waals surface area contributed by atoms with Gasteiger partial charge in [0.1, 0.15) is 11.4 Å². The smallest absolute Gasteiger partial charge is 0.407 e. The van der Waals surface area contributed by atoms with Crippen LogP contribution in [0.5, 0.6) is 0 Å². The number of ether oxygens (including phenoxy) is 1. The van der Waals surface area contributed by atoms with Crippen LogP contribution >= 0.6 is 11.8 Å². The SMILES string of the molecule is CN=C(NCCNC(=O)OC(C)(C)C)NCCSc1ccccc1F. The van der Waals surface area contributed by atoms with Crippen molar-refractivity contribution in [3.8, 4) is 0 Å². The van der Waals surface area contributed by atoms with Crippen LogP contribution in [0.3, 0.4) is 0 Å². The van der Waals surface area contributed by atoms with E-state index in [-0.39, 0.29) is 5.82 Å². The van der Waals surface area contributed by atoms with Gasteiger partial charge < -0.3 is 20.7 Å². The molecule has 1 rings (SSSR count). The molecule has 0 aliphatic heterocycles. The van der Waals surface area contributed by atoms with E-state index in [0.717, 1.165) is 0 Å². The van der Waals surface area contributed by atoms with E-state index in [1.54, 1.807) is 19.2 Å². The maximum atomic E-state index is 13.5. The third kappa shape index (κ3) is 9.81. The number of alkyl carbamates (subject to hydrolysis) is 1. The minimum atomic E-state index is -0.509. The lowest BCUT2D eigenvalue weighted by atomic mass is 10.2. The molecule has 3 N–H and O–H groups in total. The van der Waals surface area contributed by atoms with E-state index < -0.39 is 11.7 Å². The third-order valence-electron chi connectivity index (χ3n) is 2.80. The Kier molecular flexibility index (Phi) is 9.12. The summed E-state index contributed by atoms with van der Waals surface area (Å²) in [6, 6.07) is 6.70.